The fourth-order valence-electron chi connectivity index (χ4n) is 3.88. The lowest BCUT2D eigenvalue weighted by atomic mass is 9.97. The summed E-state index contributed by atoms with van der Waals surface area (Å²) in [6.07, 6.45) is 3.14. The minimum atomic E-state index is -0.423. The van der Waals surface area contributed by atoms with E-state index in [0.29, 0.717) is 30.1 Å². The molecule has 0 aliphatic carbocycles. The second-order valence-electron chi connectivity index (χ2n) is 7.66. The molecule has 0 radical (unpaired) electrons. The van der Waals surface area contributed by atoms with E-state index in [1.165, 1.54) is 16.9 Å². The van der Waals surface area contributed by atoms with Crippen LogP contribution < -0.4 is 5.32 Å². The van der Waals surface area contributed by atoms with E-state index in [1.807, 2.05) is 17.5 Å². The van der Waals surface area contributed by atoms with Crippen molar-refractivity contribution in [2.75, 3.05) is 31.6 Å². The molecule has 1 aliphatic heterocycles. The number of nitrogens with one attached hydrogen (secondary N) is 1. The number of nitrogens with zero attached hydrogens (tertiary/aromatic N) is 2. The summed E-state index contributed by atoms with van der Waals surface area (Å²) in [5, 5.41) is 14.3. The highest BCUT2D eigenvalue weighted by Crippen LogP contribution is 2.37. The van der Waals surface area contributed by atoms with E-state index >= 15 is 0 Å². The lowest BCUT2D eigenvalue weighted by Gasteiger charge is -2.31. The van der Waals surface area contributed by atoms with Crippen molar-refractivity contribution < 1.29 is 14.3 Å². The Balaban J connectivity index is 1.81. The summed E-state index contributed by atoms with van der Waals surface area (Å²) in [4.78, 5) is 27.9. The van der Waals surface area contributed by atoms with Gasteiger partial charge in [-0.05, 0) is 43.9 Å². The van der Waals surface area contributed by atoms with Gasteiger partial charge in [0.1, 0.15) is 10.6 Å². The summed E-state index contributed by atoms with van der Waals surface area (Å²) in [7, 11) is 0. The van der Waals surface area contributed by atoms with Crippen molar-refractivity contribution in [3.63, 3.8) is 0 Å². The van der Waals surface area contributed by atoms with Crippen LogP contribution in [0.2, 0.25) is 0 Å². The number of rotatable bonds is 8. The molecule has 3 rings (SSSR count). The standard InChI is InChI=1S/C24H29N3O3S/c1-3-17-8-10-18(11-9-17)20-16-31-23(21(20)24(29)30-4-2)26-22(28)19-7-5-13-27(15-19)14-6-12-25/h8-11,16,19H,3-7,13-15H2,1-2H3,(H,26,28). The van der Waals surface area contributed by atoms with Gasteiger partial charge in [0.15, 0.2) is 0 Å². The van der Waals surface area contributed by atoms with E-state index in [1.54, 1.807) is 6.92 Å². The van der Waals surface area contributed by atoms with Crippen LogP contribution in [-0.4, -0.2) is 43.0 Å². The molecular weight excluding hydrogens is 410 g/mol. The van der Waals surface area contributed by atoms with Crippen molar-refractivity contribution in [3.05, 3.63) is 40.8 Å². The zero-order chi connectivity index (χ0) is 22.2. The van der Waals surface area contributed by atoms with Crippen LogP contribution in [-0.2, 0) is 16.0 Å². The Kier molecular flexibility index (Phi) is 8.21. The number of anilines is 1. The molecule has 1 N–H and O–H groups in total. The van der Waals surface area contributed by atoms with E-state index in [9.17, 15) is 9.59 Å². The Labute approximate surface area is 187 Å². The third kappa shape index (κ3) is 5.72. The molecule has 0 saturated carbocycles. The molecule has 6 nitrogen and oxygen atoms in total. The molecule has 1 atom stereocenters. The maximum Gasteiger partial charge on any atom is 0.341 e. The van der Waals surface area contributed by atoms with Gasteiger partial charge in [-0.15, -0.1) is 11.3 Å². The first-order chi connectivity index (χ1) is 15.1. The van der Waals surface area contributed by atoms with Gasteiger partial charge in [0.05, 0.1) is 18.6 Å². The van der Waals surface area contributed by atoms with Gasteiger partial charge in [0, 0.05) is 30.5 Å². The molecule has 2 aromatic rings. The molecular formula is C24H29N3O3S. The van der Waals surface area contributed by atoms with Crippen LogP contribution in [0.3, 0.4) is 0 Å². The molecule has 0 spiro atoms. The van der Waals surface area contributed by atoms with Gasteiger partial charge < -0.3 is 15.0 Å². The number of likely N-dealkylation sites (tertiary alicyclic amines) is 1. The highest BCUT2D eigenvalue weighted by atomic mass is 32.1. The molecule has 1 fully saturated rings. The zero-order valence-electron chi connectivity index (χ0n) is 18.1. The van der Waals surface area contributed by atoms with Crippen LogP contribution in [0.4, 0.5) is 5.00 Å². The van der Waals surface area contributed by atoms with Crippen LogP contribution >= 0.6 is 11.3 Å². The van der Waals surface area contributed by atoms with Crippen molar-refractivity contribution in [1.29, 1.82) is 5.26 Å². The number of amides is 1. The molecule has 1 aromatic heterocycles. The molecule has 1 unspecified atom stereocenters. The van der Waals surface area contributed by atoms with Crippen molar-refractivity contribution in [1.82, 2.24) is 4.90 Å². The molecule has 0 bridgehead atoms. The number of piperidine rings is 1. The molecule has 1 saturated heterocycles. The third-order valence-electron chi connectivity index (χ3n) is 5.60. The quantitative estimate of drug-likeness (QED) is 0.602. The number of aryl methyl sites for hydroxylation is 1. The largest absolute Gasteiger partial charge is 0.462 e. The number of benzene rings is 1. The van der Waals surface area contributed by atoms with Crippen molar-refractivity contribution >= 4 is 28.2 Å². The van der Waals surface area contributed by atoms with E-state index in [-0.39, 0.29) is 18.4 Å². The SMILES string of the molecule is CCOC(=O)c1c(-c2ccc(CC)cc2)csc1NC(=O)C1CCCN(CCC#N)C1. The molecule has 2 heterocycles. The number of carbonyl (C=O) groups is 2. The maximum absolute atomic E-state index is 13.0. The summed E-state index contributed by atoms with van der Waals surface area (Å²) in [5.74, 6) is -0.660. The van der Waals surface area contributed by atoms with E-state index in [2.05, 4.69) is 35.3 Å². The van der Waals surface area contributed by atoms with Crippen LogP contribution in [0.1, 0.15) is 49.0 Å². The van der Waals surface area contributed by atoms with Gasteiger partial charge in [-0.3, -0.25) is 4.79 Å². The van der Waals surface area contributed by atoms with Gasteiger partial charge in [0.25, 0.3) is 0 Å². The summed E-state index contributed by atoms with van der Waals surface area (Å²) in [5.41, 5.74) is 3.35. The topological polar surface area (TPSA) is 82.4 Å². The van der Waals surface area contributed by atoms with Crippen LogP contribution in [0.5, 0.6) is 0 Å². The number of hydrogen-bond acceptors (Lipinski definition) is 6. The molecule has 7 heteroatoms. The normalized spacial score (nSPS) is 16.5. The Hall–Kier alpha value is -2.69. The number of nitriles is 1. The first-order valence-corrected chi connectivity index (χ1v) is 11.7. The summed E-state index contributed by atoms with van der Waals surface area (Å²) < 4.78 is 5.30. The predicted octanol–water partition coefficient (Wildman–Crippen LogP) is 4.72. The second kappa shape index (κ2) is 11.1. The van der Waals surface area contributed by atoms with Crippen LogP contribution in [0.15, 0.2) is 29.6 Å². The van der Waals surface area contributed by atoms with E-state index in [0.717, 1.165) is 36.9 Å². The molecule has 1 amide bonds. The molecule has 164 valence electrons. The van der Waals surface area contributed by atoms with Gasteiger partial charge in [0.2, 0.25) is 5.91 Å². The molecule has 1 aromatic carbocycles. The Morgan fingerprint density at radius 2 is 2.06 bits per heavy atom. The highest BCUT2D eigenvalue weighted by molar-refractivity contribution is 7.15. The Bertz CT molecular complexity index is 946. The Morgan fingerprint density at radius 1 is 1.29 bits per heavy atom. The molecule has 1 aliphatic rings. The lowest BCUT2D eigenvalue weighted by molar-refractivity contribution is -0.121. The minimum absolute atomic E-state index is 0.0815. The number of ether oxygens (including phenoxy) is 1. The fraction of sp³-hybridized carbons (Fsp3) is 0.458. The average molecular weight is 440 g/mol. The Morgan fingerprint density at radius 3 is 2.74 bits per heavy atom. The predicted molar refractivity (Wildman–Crippen MR) is 123 cm³/mol. The smallest absolute Gasteiger partial charge is 0.341 e. The van der Waals surface area contributed by atoms with Gasteiger partial charge in [-0.1, -0.05) is 31.2 Å². The maximum atomic E-state index is 13.0. The summed E-state index contributed by atoms with van der Waals surface area (Å²) in [6.45, 7) is 6.38. The average Bonchev–Trinajstić information content (AvgIpc) is 3.21. The minimum Gasteiger partial charge on any atom is -0.462 e. The number of carbonyl (C=O) groups excluding carboxylic acids is 2. The lowest BCUT2D eigenvalue weighted by Crippen LogP contribution is -2.41. The third-order valence-corrected chi connectivity index (χ3v) is 6.49. The zero-order valence-corrected chi connectivity index (χ0v) is 19.0. The number of hydrogen-bond donors (Lipinski definition) is 1. The van der Waals surface area contributed by atoms with Crippen molar-refractivity contribution in [2.24, 2.45) is 5.92 Å². The second-order valence-corrected chi connectivity index (χ2v) is 8.54. The highest BCUT2D eigenvalue weighted by Gasteiger charge is 2.28. The van der Waals surface area contributed by atoms with Crippen LogP contribution in [0.25, 0.3) is 11.1 Å². The number of thiophene rings is 1. The first-order valence-electron chi connectivity index (χ1n) is 10.8. The molecule has 31 heavy (non-hydrogen) atoms. The van der Waals surface area contributed by atoms with Gasteiger partial charge in [-0.25, -0.2) is 4.79 Å². The van der Waals surface area contributed by atoms with Crippen molar-refractivity contribution in [3.8, 4) is 17.2 Å². The van der Waals surface area contributed by atoms with Gasteiger partial charge >= 0.3 is 5.97 Å². The van der Waals surface area contributed by atoms with E-state index in [4.69, 9.17) is 10.00 Å². The number of esters is 1. The van der Waals surface area contributed by atoms with Gasteiger partial charge in [-0.2, -0.15) is 5.26 Å². The van der Waals surface area contributed by atoms with Crippen LogP contribution in [0, 0.1) is 17.2 Å². The summed E-state index contributed by atoms with van der Waals surface area (Å²) in [6, 6.07) is 10.3. The monoisotopic (exact) mass is 439 g/mol. The van der Waals surface area contributed by atoms with Crippen molar-refractivity contribution in [2.45, 2.75) is 39.5 Å². The summed E-state index contributed by atoms with van der Waals surface area (Å²) >= 11 is 1.35. The van der Waals surface area contributed by atoms with E-state index < -0.39 is 5.97 Å². The fourth-order valence-corrected chi connectivity index (χ4v) is 4.84. The first kappa shape index (κ1) is 23.0.